The summed E-state index contributed by atoms with van der Waals surface area (Å²) in [6.45, 7) is 4.77. The van der Waals surface area contributed by atoms with Crippen LogP contribution in [-0.2, 0) is 13.2 Å². The first-order valence-corrected chi connectivity index (χ1v) is 7.17. The average molecular weight is 279 g/mol. The van der Waals surface area contributed by atoms with Gasteiger partial charge in [-0.05, 0) is 49.1 Å². The van der Waals surface area contributed by atoms with Gasteiger partial charge < -0.3 is 10.0 Å². The maximum atomic E-state index is 13.6. The normalized spacial score (nSPS) is 11.0. The number of hydrogen-bond acceptors (Lipinski definition) is 3. The van der Waals surface area contributed by atoms with Crippen LogP contribution in [0.25, 0.3) is 0 Å². The molecule has 1 N–H and O–H groups in total. The molecule has 102 valence electrons. The van der Waals surface area contributed by atoms with Gasteiger partial charge in [-0.3, -0.25) is 0 Å². The summed E-state index contributed by atoms with van der Waals surface area (Å²) in [7, 11) is 0. The van der Waals surface area contributed by atoms with E-state index in [0.717, 1.165) is 12.2 Å². The smallest absolute Gasteiger partial charge is 0.125 e. The summed E-state index contributed by atoms with van der Waals surface area (Å²) in [6, 6.07) is 9.09. The topological polar surface area (TPSA) is 23.5 Å². The number of nitrogens with zero attached hydrogens (tertiary/aromatic N) is 1. The Morgan fingerprint density at radius 2 is 2.11 bits per heavy atom. The van der Waals surface area contributed by atoms with Crippen molar-refractivity contribution in [1.82, 2.24) is 0 Å². The molecule has 4 heteroatoms. The van der Waals surface area contributed by atoms with Crippen LogP contribution in [0.1, 0.15) is 24.3 Å². The van der Waals surface area contributed by atoms with Crippen LogP contribution in [0.5, 0.6) is 0 Å². The largest absolute Gasteiger partial charge is 0.392 e. The minimum Gasteiger partial charge on any atom is -0.392 e. The molecule has 0 aliphatic heterocycles. The summed E-state index contributed by atoms with van der Waals surface area (Å²) in [6.07, 6.45) is 0. The quantitative estimate of drug-likeness (QED) is 0.900. The maximum absolute atomic E-state index is 13.6. The maximum Gasteiger partial charge on any atom is 0.125 e. The second-order valence-corrected chi connectivity index (χ2v) is 5.81. The number of anilines is 1. The number of benzene rings is 1. The molecule has 0 aliphatic carbocycles. The zero-order valence-corrected chi connectivity index (χ0v) is 12.0. The Morgan fingerprint density at radius 3 is 2.68 bits per heavy atom. The van der Waals surface area contributed by atoms with Crippen molar-refractivity contribution in [3.63, 3.8) is 0 Å². The van der Waals surface area contributed by atoms with E-state index in [1.54, 1.807) is 11.3 Å². The molecule has 0 radical (unpaired) electrons. The van der Waals surface area contributed by atoms with E-state index in [1.165, 1.54) is 17.0 Å². The van der Waals surface area contributed by atoms with Crippen LogP contribution in [0.3, 0.4) is 0 Å². The lowest BCUT2D eigenvalue weighted by molar-refractivity contribution is 0.281. The van der Waals surface area contributed by atoms with Gasteiger partial charge in [-0.15, -0.1) is 11.3 Å². The molecule has 2 aromatic rings. The summed E-state index contributed by atoms with van der Waals surface area (Å²) in [5, 5.41) is 11.2. The van der Waals surface area contributed by atoms with Gasteiger partial charge in [-0.25, -0.2) is 4.39 Å². The van der Waals surface area contributed by atoms with Gasteiger partial charge in [0.05, 0.1) is 13.2 Å². The lowest BCUT2D eigenvalue weighted by atomic mass is 10.1. The number of hydrogen-bond donors (Lipinski definition) is 1. The predicted molar refractivity (Wildman–Crippen MR) is 78.0 cm³/mol. The Kier molecular flexibility index (Phi) is 4.56. The first kappa shape index (κ1) is 14.0. The molecule has 2 nitrogen and oxygen atoms in total. The van der Waals surface area contributed by atoms with Gasteiger partial charge in [0.2, 0.25) is 0 Å². The minimum absolute atomic E-state index is 0.143. The summed E-state index contributed by atoms with van der Waals surface area (Å²) in [5.74, 6) is -0.307. The van der Waals surface area contributed by atoms with Crippen LogP contribution in [0.2, 0.25) is 0 Å². The van der Waals surface area contributed by atoms with Gasteiger partial charge in [0.1, 0.15) is 5.82 Å². The molecule has 0 saturated heterocycles. The van der Waals surface area contributed by atoms with Crippen LogP contribution in [-0.4, -0.2) is 11.1 Å². The number of thiophene rings is 1. The average Bonchev–Trinajstić information content (AvgIpc) is 2.87. The zero-order chi connectivity index (χ0) is 13.8. The van der Waals surface area contributed by atoms with E-state index in [-0.39, 0.29) is 18.5 Å². The Morgan fingerprint density at radius 1 is 1.32 bits per heavy atom. The zero-order valence-electron chi connectivity index (χ0n) is 11.1. The van der Waals surface area contributed by atoms with Crippen molar-refractivity contribution in [2.24, 2.45) is 0 Å². The number of aliphatic hydroxyl groups is 1. The van der Waals surface area contributed by atoms with Crippen molar-refractivity contribution in [3.05, 3.63) is 52.0 Å². The van der Waals surface area contributed by atoms with Crippen molar-refractivity contribution in [2.75, 3.05) is 4.90 Å². The molecule has 0 amide bonds. The molecule has 1 aromatic heterocycles. The van der Waals surface area contributed by atoms with Gasteiger partial charge in [0, 0.05) is 16.6 Å². The van der Waals surface area contributed by atoms with Gasteiger partial charge in [-0.2, -0.15) is 0 Å². The van der Waals surface area contributed by atoms with Crippen LogP contribution in [0.15, 0.2) is 35.7 Å². The van der Waals surface area contributed by atoms with Crippen LogP contribution >= 0.6 is 11.3 Å². The lowest BCUT2D eigenvalue weighted by Crippen LogP contribution is -2.30. The molecule has 0 aliphatic rings. The standard InChI is InChI=1S/C15H18FNOS/c1-11(2)17(9-15-4-3-5-19-15)14-7-12(10-18)6-13(16)8-14/h3-8,11,18H,9-10H2,1-2H3. The minimum atomic E-state index is -0.307. The van der Waals surface area contributed by atoms with E-state index in [9.17, 15) is 9.50 Å². The lowest BCUT2D eigenvalue weighted by Gasteiger charge is -2.29. The number of rotatable bonds is 5. The van der Waals surface area contributed by atoms with Crippen LogP contribution in [0, 0.1) is 5.82 Å². The second-order valence-electron chi connectivity index (χ2n) is 4.78. The highest BCUT2D eigenvalue weighted by Gasteiger charge is 2.13. The molecule has 1 heterocycles. The molecule has 19 heavy (non-hydrogen) atoms. The Balaban J connectivity index is 2.30. The first-order chi connectivity index (χ1) is 9.10. The monoisotopic (exact) mass is 279 g/mol. The Hall–Kier alpha value is -1.39. The van der Waals surface area contributed by atoms with Crippen molar-refractivity contribution < 1.29 is 9.50 Å². The highest BCUT2D eigenvalue weighted by atomic mass is 32.1. The predicted octanol–water partition coefficient (Wildman–Crippen LogP) is 3.79. The van der Waals surface area contributed by atoms with Crippen molar-refractivity contribution in [1.29, 1.82) is 0 Å². The highest BCUT2D eigenvalue weighted by Crippen LogP contribution is 2.24. The van der Waals surface area contributed by atoms with Gasteiger partial charge in [-0.1, -0.05) is 6.07 Å². The molecule has 2 rings (SSSR count). The van der Waals surface area contributed by atoms with E-state index >= 15 is 0 Å². The van der Waals surface area contributed by atoms with Crippen molar-refractivity contribution >= 4 is 17.0 Å². The molecule has 0 saturated carbocycles. The van der Waals surface area contributed by atoms with E-state index in [2.05, 4.69) is 24.8 Å². The molecule has 0 spiro atoms. The number of aliphatic hydroxyl groups excluding tert-OH is 1. The molecule has 0 unspecified atom stereocenters. The molecular formula is C15H18FNOS. The second kappa shape index (κ2) is 6.17. The Labute approximate surface area is 117 Å². The third kappa shape index (κ3) is 3.55. The van der Waals surface area contributed by atoms with E-state index in [4.69, 9.17) is 0 Å². The van der Waals surface area contributed by atoms with Gasteiger partial charge >= 0.3 is 0 Å². The third-order valence-electron chi connectivity index (χ3n) is 2.99. The molecule has 0 fully saturated rings. The fraction of sp³-hybridized carbons (Fsp3) is 0.333. The fourth-order valence-corrected chi connectivity index (χ4v) is 2.74. The number of halogens is 1. The molecular weight excluding hydrogens is 261 g/mol. The van der Waals surface area contributed by atoms with Gasteiger partial charge in [0.25, 0.3) is 0 Å². The van der Waals surface area contributed by atoms with E-state index in [0.29, 0.717) is 5.56 Å². The SMILES string of the molecule is CC(C)N(Cc1cccs1)c1cc(F)cc(CO)c1. The van der Waals surface area contributed by atoms with Crippen molar-refractivity contribution in [3.8, 4) is 0 Å². The van der Waals surface area contributed by atoms with Crippen LogP contribution in [0.4, 0.5) is 10.1 Å². The summed E-state index contributed by atoms with van der Waals surface area (Å²) in [5.41, 5.74) is 1.42. The summed E-state index contributed by atoms with van der Waals surface area (Å²) in [4.78, 5) is 3.37. The van der Waals surface area contributed by atoms with E-state index < -0.39 is 0 Å². The molecule has 0 atom stereocenters. The highest BCUT2D eigenvalue weighted by molar-refractivity contribution is 7.09. The first-order valence-electron chi connectivity index (χ1n) is 6.29. The summed E-state index contributed by atoms with van der Waals surface area (Å²) >= 11 is 1.69. The fourth-order valence-electron chi connectivity index (χ4n) is 2.03. The summed E-state index contributed by atoms with van der Waals surface area (Å²) < 4.78 is 13.6. The van der Waals surface area contributed by atoms with Crippen LogP contribution < -0.4 is 4.90 Å². The van der Waals surface area contributed by atoms with Gasteiger partial charge in [0.15, 0.2) is 0 Å². The molecule has 0 bridgehead atoms. The van der Waals surface area contributed by atoms with Crippen molar-refractivity contribution in [2.45, 2.75) is 33.0 Å². The third-order valence-corrected chi connectivity index (χ3v) is 3.85. The Bertz CT molecular complexity index is 525. The van der Waals surface area contributed by atoms with E-state index in [1.807, 2.05) is 17.5 Å². The molecule has 1 aromatic carbocycles.